The molecular formula is C22H29NO. The predicted octanol–water partition coefficient (Wildman–Crippen LogP) is 4.96. The van der Waals surface area contributed by atoms with Crippen LogP contribution in [0.4, 0.5) is 5.69 Å². The maximum atomic E-state index is 13.3. The normalized spacial score (nSPS) is 40.5. The van der Waals surface area contributed by atoms with Crippen molar-refractivity contribution in [3.05, 3.63) is 29.8 Å². The van der Waals surface area contributed by atoms with Crippen molar-refractivity contribution in [2.75, 3.05) is 11.4 Å². The second-order valence-corrected chi connectivity index (χ2v) is 9.11. The van der Waals surface area contributed by atoms with Crippen LogP contribution in [-0.2, 0) is 11.2 Å². The molecule has 1 saturated heterocycles. The van der Waals surface area contributed by atoms with Crippen molar-refractivity contribution >= 4 is 11.6 Å². The summed E-state index contributed by atoms with van der Waals surface area (Å²) in [6, 6.07) is 8.64. The third-order valence-corrected chi connectivity index (χ3v) is 8.17. The first-order valence-corrected chi connectivity index (χ1v) is 10.1. The minimum atomic E-state index is -0.0261. The van der Waals surface area contributed by atoms with Gasteiger partial charge in [-0.25, -0.2) is 0 Å². The van der Waals surface area contributed by atoms with Crippen molar-refractivity contribution in [2.24, 2.45) is 22.7 Å². The quantitative estimate of drug-likeness (QED) is 0.753. The van der Waals surface area contributed by atoms with E-state index in [1.165, 1.54) is 37.7 Å². The number of carbonyl (C=O) groups is 1. The van der Waals surface area contributed by atoms with E-state index in [1.807, 2.05) is 0 Å². The van der Waals surface area contributed by atoms with Crippen LogP contribution < -0.4 is 4.90 Å². The highest BCUT2D eigenvalue weighted by atomic mass is 16.2. The molecule has 5 fully saturated rings. The summed E-state index contributed by atoms with van der Waals surface area (Å²) in [5, 5.41) is 0. The predicted molar refractivity (Wildman–Crippen MR) is 97.0 cm³/mol. The third-order valence-electron chi connectivity index (χ3n) is 8.17. The molecule has 2 spiro atoms. The Hall–Kier alpha value is -1.31. The molecule has 6 rings (SSSR count). The first kappa shape index (κ1) is 15.0. The summed E-state index contributed by atoms with van der Waals surface area (Å²) in [6.45, 7) is 3.10. The third kappa shape index (κ3) is 1.98. The SMILES string of the molecule is CCc1ccc(N2CCC3(CCC4(CC3)CC3CC4C3)C2=O)cc1. The van der Waals surface area contributed by atoms with Crippen molar-refractivity contribution in [2.45, 2.75) is 64.7 Å². The molecule has 0 unspecified atom stereocenters. The number of nitrogens with zero attached hydrogens (tertiary/aromatic N) is 1. The molecule has 4 saturated carbocycles. The van der Waals surface area contributed by atoms with Gasteiger partial charge in [-0.1, -0.05) is 19.1 Å². The Balaban J connectivity index is 1.32. The monoisotopic (exact) mass is 323 g/mol. The van der Waals surface area contributed by atoms with E-state index in [9.17, 15) is 4.79 Å². The summed E-state index contributed by atoms with van der Waals surface area (Å²) >= 11 is 0. The fourth-order valence-electron chi connectivity index (χ4n) is 6.43. The number of hydrogen-bond acceptors (Lipinski definition) is 1. The van der Waals surface area contributed by atoms with Crippen molar-refractivity contribution < 1.29 is 4.79 Å². The second-order valence-electron chi connectivity index (χ2n) is 9.11. The summed E-state index contributed by atoms with van der Waals surface area (Å²) in [4.78, 5) is 15.3. The van der Waals surface area contributed by atoms with E-state index in [1.54, 1.807) is 0 Å². The number of benzene rings is 1. The van der Waals surface area contributed by atoms with Crippen LogP contribution in [0.2, 0.25) is 0 Å². The molecule has 0 radical (unpaired) electrons. The van der Waals surface area contributed by atoms with Gasteiger partial charge in [0.15, 0.2) is 0 Å². The number of amides is 1. The van der Waals surface area contributed by atoms with Gasteiger partial charge >= 0.3 is 0 Å². The maximum absolute atomic E-state index is 13.3. The first-order chi connectivity index (χ1) is 11.6. The number of rotatable bonds is 2. The largest absolute Gasteiger partial charge is 0.312 e. The number of anilines is 1. The highest BCUT2D eigenvalue weighted by Crippen LogP contribution is 2.67. The average molecular weight is 323 g/mol. The Morgan fingerprint density at radius 1 is 1.04 bits per heavy atom. The zero-order chi connectivity index (χ0) is 16.4. The number of carbonyl (C=O) groups excluding carboxylic acids is 1. The highest BCUT2D eigenvalue weighted by Gasteiger charge is 2.59. The van der Waals surface area contributed by atoms with Gasteiger partial charge in [-0.15, -0.1) is 0 Å². The summed E-state index contributed by atoms with van der Waals surface area (Å²) in [7, 11) is 0. The molecule has 2 heteroatoms. The molecule has 0 aromatic heterocycles. The molecule has 2 bridgehead atoms. The summed E-state index contributed by atoms with van der Waals surface area (Å²) in [6.07, 6.45) is 11.5. The van der Waals surface area contributed by atoms with Gasteiger partial charge in [-0.2, -0.15) is 0 Å². The lowest BCUT2D eigenvalue weighted by Crippen LogP contribution is -2.41. The minimum absolute atomic E-state index is 0.0261. The molecule has 1 aromatic rings. The van der Waals surface area contributed by atoms with Gasteiger partial charge in [0.05, 0.1) is 5.41 Å². The van der Waals surface area contributed by atoms with Crippen molar-refractivity contribution in [3.63, 3.8) is 0 Å². The Morgan fingerprint density at radius 2 is 1.75 bits per heavy atom. The lowest BCUT2D eigenvalue weighted by molar-refractivity contribution is -0.128. The second kappa shape index (κ2) is 5.09. The number of hydrogen-bond donors (Lipinski definition) is 0. The fraction of sp³-hybridized carbons (Fsp3) is 0.682. The van der Waals surface area contributed by atoms with Crippen LogP contribution in [-0.4, -0.2) is 12.5 Å². The van der Waals surface area contributed by atoms with Gasteiger partial charge in [0.1, 0.15) is 0 Å². The molecule has 0 atom stereocenters. The smallest absolute Gasteiger partial charge is 0.233 e. The molecule has 4 aliphatic carbocycles. The van der Waals surface area contributed by atoms with Gasteiger partial charge in [-0.3, -0.25) is 4.79 Å². The molecule has 1 aromatic carbocycles. The molecule has 5 aliphatic rings. The van der Waals surface area contributed by atoms with E-state index < -0.39 is 0 Å². The molecule has 1 aliphatic heterocycles. The van der Waals surface area contributed by atoms with Crippen LogP contribution in [0.25, 0.3) is 0 Å². The van der Waals surface area contributed by atoms with Gasteiger partial charge in [0.2, 0.25) is 5.91 Å². The van der Waals surface area contributed by atoms with Gasteiger partial charge in [0.25, 0.3) is 0 Å². The first-order valence-electron chi connectivity index (χ1n) is 10.1. The van der Waals surface area contributed by atoms with Crippen LogP contribution in [0.3, 0.4) is 0 Å². The molecule has 128 valence electrons. The average Bonchev–Trinajstić information content (AvgIpc) is 3.21. The van der Waals surface area contributed by atoms with Gasteiger partial charge in [0, 0.05) is 12.2 Å². The molecule has 1 heterocycles. The standard InChI is InChI=1S/C22H29NO/c1-2-16-3-5-19(6-4-16)23-12-11-21(20(23)24)7-9-22(10-8-21)15-17-13-18(22)14-17/h3-6,17-18H,2,7-15H2,1H3. The van der Waals surface area contributed by atoms with Crippen LogP contribution in [0.1, 0.15) is 63.9 Å². The van der Waals surface area contributed by atoms with Gasteiger partial charge < -0.3 is 4.90 Å². The maximum Gasteiger partial charge on any atom is 0.233 e. The van der Waals surface area contributed by atoms with Crippen molar-refractivity contribution in [3.8, 4) is 0 Å². The molecule has 24 heavy (non-hydrogen) atoms. The summed E-state index contributed by atoms with van der Waals surface area (Å²) in [5.41, 5.74) is 3.08. The van der Waals surface area contributed by atoms with E-state index in [0.29, 0.717) is 11.3 Å². The summed E-state index contributed by atoms with van der Waals surface area (Å²) in [5.74, 6) is 2.47. The van der Waals surface area contributed by atoms with E-state index in [2.05, 4.69) is 36.1 Å². The van der Waals surface area contributed by atoms with Crippen LogP contribution in [0.5, 0.6) is 0 Å². The lowest BCUT2D eigenvalue weighted by atomic mass is 9.60. The molecular weight excluding hydrogens is 294 g/mol. The Kier molecular flexibility index (Phi) is 3.18. The zero-order valence-corrected chi connectivity index (χ0v) is 14.9. The van der Waals surface area contributed by atoms with Crippen LogP contribution in [0, 0.1) is 22.7 Å². The van der Waals surface area contributed by atoms with Crippen molar-refractivity contribution in [1.82, 2.24) is 0 Å². The Morgan fingerprint density at radius 3 is 2.33 bits per heavy atom. The molecule has 2 nitrogen and oxygen atoms in total. The topological polar surface area (TPSA) is 20.3 Å². The lowest BCUT2D eigenvalue weighted by Gasteiger charge is -2.44. The number of aryl methyl sites for hydroxylation is 1. The summed E-state index contributed by atoms with van der Waals surface area (Å²) < 4.78 is 0. The molecule has 0 N–H and O–H groups in total. The highest BCUT2D eigenvalue weighted by molar-refractivity contribution is 6.00. The van der Waals surface area contributed by atoms with Crippen molar-refractivity contribution in [1.29, 1.82) is 0 Å². The van der Waals surface area contributed by atoms with Crippen LogP contribution >= 0.6 is 0 Å². The molecule has 1 amide bonds. The van der Waals surface area contributed by atoms with E-state index in [0.717, 1.165) is 49.8 Å². The Bertz CT molecular complexity index is 647. The van der Waals surface area contributed by atoms with Gasteiger partial charge in [-0.05, 0) is 92.7 Å². The van der Waals surface area contributed by atoms with E-state index >= 15 is 0 Å². The minimum Gasteiger partial charge on any atom is -0.312 e. The van der Waals surface area contributed by atoms with Crippen LogP contribution in [0.15, 0.2) is 24.3 Å². The van der Waals surface area contributed by atoms with E-state index in [-0.39, 0.29) is 5.41 Å². The van der Waals surface area contributed by atoms with E-state index in [4.69, 9.17) is 0 Å². The fourth-order valence-corrected chi connectivity index (χ4v) is 6.43. The Labute approximate surface area is 145 Å². The zero-order valence-electron chi connectivity index (χ0n) is 14.9.